The topological polar surface area (TPSA) is 98.7 Å². The summed E-state index contributed by atoms with van der Waals surface area (Å²) in [6.45, 7) is 3.48. The summed E-state index contributed by atoms with van der Waals surface area (Å²) in [6.07, 6.45) is 0. The minimum absolute atomic E-state index is 0.174. The van der Waals surface area contributed by atoms with Gasteiger partial charge in [-0.1, -0.05) is 6.07 Å². The molecule has 0 fully saturated rings. The van der Waals surface area contributed by atoms with Gasteiger partial charge in [0.05, 0.1) is 5.69 Å². The summed E-state index contributed by atoms with van der Waals surface area (Å²) < 4.78 is 5.66. The number of carbonyl (C=O) groups excluding carboxylic acids is 2. The zero-order valence-electron chi connectivity index (χ0n) is 11.0. The van der Waals surface area contributed by atoms with E-state index in [2.05, 4.69) is 0 Å². The lowest BCUT2D eigenvalue weighted by Crippen LogP contribution is -2.54. The molecule has 1 aliphatic rings. The van der Waals surface area contributed by atoms with Gasteiger partial charge < -0.3 is 16.2 Å². The fourth-order valence-corrected chi connectivity index (χ4v) is 2.05. The van der Waals surface area contributed by atoms with Gasteiger partial charge in [-0.15, -0.1) is 0 Å². The molecule has 2 amide bonds. The molecule has 0 unspecified atom stereocenters. The van der Waals surface area contributed by atoms with Crippen molar-refractivity contribution < 1.29 is 14.3 Å². The Kier molecular flexibility index (Phi) is 3.20. The second-order valence-corrected chi connectivity index (χ2v) is 4.98. The minimum atomic E-state index is -1.02. The molecule has 0 radical (unpaired) electrons. The van der Waals surface area contributed by atoms with Gasteiger partial charge in [0, 0.05) is 6.54 Å². The Labute approximate surface area is 111 Å². The number of hydrogen-bond donors (Lipinski definition) is 2. The monoisotopic (exact) mass is 263 g/mol. The molecule has 6 nitrogen and oxygen atoms in total. The number of benzene rings is 1. The Morgan fingerprint density at radius 1 is 1.42 bits per heavy atom. The SMILES string of the molecule is CC1(C)Oc2ccc(CN)cc2N(CC(N)=O)C1=O. The van der Waals surface area contributed by atoms with Crippen LogP contribution in [0.2, 0.25) is 0 Å². The van der Waals surface area contributed by atoms with Gasteiger partial charge in [0.15, 0.2) is 5.60 Å². The molecule has 0 bridgehead atoms. The van der Waals surface area contributed by atoms with Gasteiger partial charge in [0.25, 0.3) is 5.91 Å². The highest BCUT2D eigenvalue weighted by molar-refractivity contribution is 6.05. The number of ether oxygens (including phenoxy) is 1. The summed E-state index contributed by atoms with van der Waals surface area (Å²) in [5.74, 6) is -0.328. The van der Waals surface area contributed by atoms with Crippen LogP contribution in [0.15, 0.2) is 18.2 Å². The third-order valence-corrected chi connectivity index (χ3v) is 2.99. The minimum Gasteiger partial charge on any atom is -0.476 e. The number of fused-ring (bicyclic) bond motifs is 1. The molecule has 0 saturated heterocycles. The molecule has 1 heterocycles. The molecular weight excluding hydrogens is 246 g/mol. The summed E-state index contributed by atoms with van der Waals surface area (Å²) >= 11 is 0. The average Bonchev–Trinajstić information content (AvgIpc) is 2.34. The van der Waals surface area contributed by atoms with Gasteiger partial charge in [-0.05, 0) is 31.5 Å². The van der Waals surface area contributed by atoms with Gasteiger partial charge in [-0.3, -0.25) is 14.5 Å². The molecule has 0 aliphatic carbocycles. The number of hydrogen-bond acceptors (Lipinski definition) is 4. The Hall–Kier alpha value is -2.08. The molecule has 102 valence electrons. The van der Waals surface area contributed by atoms with Crippen molar-refractivity contribution in [2.75, 3.05) is 11.4 Å². The lowest BCUT2D eigenvalue weighted by atomic mass is 10.0. The van der Waals surface area contributed by atoms with Crippen LogP contribution < -0.4 is 21.1 Å². The van der Waals surface area contributed by atoms with E-state index >= 15 is 0 Å². The van der Waals surface area contributed by atoms with E-state index in [0.717, 1.165) is 5.56 Å². The van der Waals surface area contributed by atoms with Crippen molar-refractivity contribution >= 4 is 17.5 Å². The Bertz CT molecular complexity index is 540. The van der Waals surface area contributed by atoms with Gasteiger partial charge in [-0.25, -0.2) is 0 Å². The number of rotatable bonds is 3. The maximum Gasteiger partial charge on any atom is 0.271 e. The van der Waals surface area contributed by atoms with Crippen LogP contribution >= 0.6 is 0 Å². The van der Waals surface area contributed by atoms with E-state index in [0.29, 0.717) is 18.0 Å². The van der Waals surface area contributed by atoms with Crippen LogP contribution in [0.4, 0.5) is 5.69 Å². The average molecular weight is 263 g/mol. The molecular formula is C13H17N3O3. The number of nitrogens with two attached hydrogens (primary N) is 2. The van der Waals surface area contributed by atoms with E-state index in [1.807, 2.05) is 6.07 Å². The third-order valence-electron chi connectivity index (χ3n) is 2.99. The first-order valence-corrected chi connectivity index (χ1v) is 5.97. The van der Waals surface area contributed by atoms with E-state index < -0.39 is 11.5 Å². The molecule has 1 aromatic carbocycles. The fraction of sp³-hybridized carbons (Fsp3) is 0.385. The van der Waals surface area contributed by atoms with Crippen LogP contribution in [-0.2, 0) is 16.1 Å². The van der Waals surface area contributed by atoms with Gasteiger partial charge >= 0.3 is 0 Å². The third kappa shape index (κ3) is 2.39. The van der Waals surface area contributed by atoms with Crippen LogP contribution in [0.25, 0.3) is 0 Å². The van der Waals surface area contributed by atoms with Crippen molar-refractivity contribution in [1.29, 1.82) is 0 Å². The first-order chi connectivity index (χ1) is 8.85. The van der Waals surface area contributed by atoms with Crippen LogP contribution in [-0.4, -0.2) is 24.0 Å². The van der Waals surface area contributed by atoms with Gasteiger partial charge in [0.1, 0.15) is 12.3 Å². The number of amides is 2. The largest absolute Gasteiger partial charge is 0.476 e. The fourth-order valence-electron chi connectivity index (χ4n) is 2.05. The molecule has 1 aromatic rings. The van der Waals surface area contributed by atoms with Crippen molar-refractivity contribution in [3.63, 3.8) is 0 Å². The predicted octanol–water partition coefficient (Wildman–Crippen LogP) is 0.135. The Morgan fingerprint density at radius 2 is 2.11 bits per heavy atom. The van der Waals surface area contributed by atoms with Crippen LogP contribution in [0.3, 0.4) is 0 Å². The summed E-state index contributed by atoms with van der Waals surface area (Å²) in [6, 6.07) is 5.32. The molecule has 6 heteroatoms. The van der Waals surface area contributed by atoms with Crippen LogP contribution in [0, 0.1) is 0 Å². The maximum atomic E-state index is 12.3. The number of anilines is 1. The molecule has 19 heavy (non-hydrogen) atoms. The molecule has 4 N–H and O–H groups in total. The lowest BCUT2D eigenvalue weighted by molar-refractivity contribution is -0.133. The number of primary amides is 1. The van der Waals surface area contributed by atoms with Gasteiger partial charge in [-0.2, -0.15) is 0 Å². The second kappa shape index (κ2) is 4.55. The standard InChI is InChI=1S/C13H17N3O3/c1-13(2)12(18)16(7-11(15)17)9-5-8(6-14)3-4-10(9)19-13/h3-5H,6-7,14H2,1-2H3,(H2,15,17). The van der Waals surface area contributed by atoms with Crippen molar-refractivity contribution in [3.8, 4) is 5.75 Å². The Morgan fingerprint density at radius 3 is 2.68 bits per heavy atom. The van der Waals surface area contributed by atoms with E-state index in [9.17, 15) is 9.59 Å². The molecule has 0 saturated carbocycles. The molecule has 0 aromatic heterocycles. The van der Waals surface area contributed by atoms with E-state index in [-0.39, 0.29) is 12.5 Å². The quantitative estimate of drug-likeness (QED) is 0.810. The van der Waals surface area contributed by atoms with E-state index in [4.69, 9.17) is 16.2 Å². The van der Waals surface area contributed by atoms with Crippen molar-refractivity contribution in [2.45, 2.75) is 26.0 Å². The zero-order valence-corrected chi connectivity index (χ0v) is 11.0. The smallest absolute Gasteiger partial charge is 0.271 e. The van der Waals surface area contributed by atoms with Crippen LogP contribution in [0.1, 0.15) is 19.4 Å². The van der Waals surface area contributed by atoms with Gasteiger partial charge in [0.2, 0.25) is 5.91 Å². The van der Waals surface area contributed by atoms with E-state index in [1.54, 1.807) is 26.0 Å². The second-order valence-electron chi connectivity index (χ2n) is 4.98. The molecule has 0 atom stereocenters. The summed E-state index contributed by atoms with van der Waals surface area (Å²) in [7, 11) is 0. The summed E-state index contributed by atoms with van der Waals surface area (Å²) in [5, 5.41) is 0. The molecule has 2 rings (SSSR count). The van der Waals surface area contributed by atoms with E-state index in [1.165, 1.54) is 4.90 Å². The van der Waals surface area contributed by atoms with Crippen molar-refractivity contribution in [2.24, 2.45) is 11.5 Å². The predicted molar refractivity (Wildman–Crippen MR) is 70.6 cm³/mol. The summed E-state index contributed by atoms with van der Waals surface area (Å²) in [4.78, 5) is 24.8. The lowest BCUT2D eigenvalue weighted by Gasteiger charge is -2.38. The summed E-state index contributed by atoms with van der Waals surface area (Å²) in [5.41, 5.74) is 11.1. The first-order valence-electron chi connectivity index (χ1n) is 5.97. The number of nitrogens with zero attached hydrogens (tertiary/aromatic N) is 1. The normalized spacial score (nSPS) is 16.8. The first kappa shape index (κ1) is 13.4. The number of carbonyl (C=O) groups is 2. The highest BCUT2D eigenvalue weighted by Gasteiger charge is 2.41. The Balaban J connectivity index is 2.52. The van der Waals surface area contributed by atoms with Crippen molar-refractivity contribution in [3.05, 3.63) is 23.8 Å². The molecule has 1 aliphatic heterocycles. The highest BCUT2D eigenvalue weighted by Crippen LogP contribution is 2.38. The highest BCUT2D eigenvalue weighted by atomic mass is 16.5. The van der Waals surface area contributed by atoms with Crippen molar-refractivity contribution in [1.82, 2.24) is 0 Å². The zero-order chi connectivity index (χ0) is 14.2. The van der Waals surface area contributed by atoms with Crippen LogP contribution in [0.5, 0.6) is 5.75 Å². The molecule has 0 spiro atoms. The maximum absolute atomic E-state index is 12.3.